The lowest BCUT2D eigenvalue weighted by Gasteiger charge is -2.08. The second-order valence-electron chi connectivity index (χ2n) is 5.94. The summed E-state index contributed by atoms with van der Waals surface area (Å²) in [7, 11) is 0. The minimum Gasteiger partial charge on any atom is -0.324 e. The zero-order valence-electron chi connectivity index (χ0n) is 14.5. The van der Waals surface area contributed by atoms with Crippen molar-refractivity contribution in [3.05, 3.63) is 86.7 Å². The molecule has 0 aliphatic carbocycles. The topological polar surface area (TPSA) is 107 Å². The smallest absolute Gasteiger partial charge is 0.271 e. The Bertz CT molecular complexity index is 1060. The summed E-state index contributed by atoms with van der Waals surface area (Å²) in [5, 5.41) is 17.6. The quantitative estimate of drug-likeness (QED) is 0.553. The molecule has 0 saturated carbocycles. The van der Waals surface area contributed by atoms with Crippen LogP contribution in [0.5, 0.6) is 0 Å². The van der Waals surface area contributed by atoms with E-state index in [1.165, 1.54) is 30.3 Å². The molecule has 1 amide bonds. The van der Waals surface area contributed by atoms with E-state index in [4.69, 9.17) is 0 Å². The van der Waals surface area contributed by atoms with Crippen LogP contribution in [0.25, 0.3) is 11.3 Å². The zero-order chi connectivity index (χ0) is 19.4. The average molecular weight is 364 g/mol. The van der Waals surface area contributed by atoms with Gasteiger partial charge < -0.3 is 5.32 Å². The molecule has 136 valence electrons. The molecule has 0 spiro atoms. The molecule has 3 aromatic rings. The van der Waals surface area contributed by atoms with Crippen LogP contribution >= 0.6 is 0 Å². The molecular formula is C19H16N4O4. The van der Waals surface area contributed by atoms with Crippen molar-refractivity contribution in [3.63, 3.8) is 0 Å². The third-order valence-electron chi connectivity index (χ3n) is 3.85. The van der Waals surface area contributed by atoms with Crippen LogP contribution < -0.4 is 10.9 Å². The second kappa shape index (κ2) is 7.61. The van der Waals surface area contributed by atoms with Gasteiger partial charge in [0.05, 0.1) is 10.6 Å². The SMILES string of the molecule is Cc1ccc(-c2ccc(=O)n(CC(=O)Nc3cccc([N+](=O)[O-])c3)n2)cc1. The summed E-state index contributed by atoms with van der Waals surface area (Å²) in [5.41, 5.74) is 2.22. The van der Waals surface area contributed by atoms with Gasteiger partial charge in [0.15, 0.2) is 0 Å². The van der Waals surface area contributed by atoms with Crippen LogP contribution in [-0.2, 0) is 11.3 Å². The number of amides is 1. The fourth-order valence-electron chi connectivity index (χ4n) is 2.47. The van der Waals surface area contributed by atoms with Gasteiger partial charge in [-0.05, 0) is 19.1 Å². The predicted molar refractivity (Wildman–Crippen MR) is 100 cm³/mol. The summed E-state index contributed by atoms with van der Waals surface area (Å²) in [6, 6.07) is 16.2. The standard InChI is InChI=1S/C19H16N4O4/c1-13-5-7-14(8-6-13)17-9-10-19(25)22(21-17)12-18(24)20-15-3-2-4-16(11-15)23(26)27/h2-11H,12H2,1H3,(H,20,24). The maximum absolute atomic E-state index is 12.2. The molecule has 0 atom stereocenters. The first-order valence-electron chi connectivity index (χ1n) is 8.12. The van der Waals surface area contributed by atoms with Crippen molar-refractivity contribution < 1.29 is 9.72 Å². The highest BCUT2D eigenvalue weighted by Crippen LogP contribution is 2.17. The predicted octanol–water partition coefficient (Wildman–Crippen LogP) is 2.77. The summed E-state index contributed by atoms with van der Waals surface area (Å²) in [4.78, 5) is 34.5. The van der Waals surface area contributed by atoms with E-state index < -0.39 is 16.4 Å². The Balaban J connectivity index is 1.78. The number of aromatic nitrogens is 2. The van der Waals surface area contributed by atoms with Crippen LogP contribution in [0.4, 0.5) is 11.4 Å². The monoisotopic (exact) mass is 364 g/mol. The summed E-state index contributed by atoms with van der Waals surface area (Å²) in [5.74, 6) is -0.508. The Morgan fingerprint density at radius 1 is 1.15 bits per heavy atom. The molecule has 0 aliphatic rings. The van der Waals surface area contributed by atoms with Gasteiger partial charge in [0.2, 0.25) is 5.91 Å². The van der Waals surface area contributed by atoms with Gasteiger partial charge in [-0.3, -0.25) is 19.7 Å². The average Bonchev–Trinajstić information content (AvgIpc) is 2.64. The lowest BCUT2D eigenvalue weighted by atomic mass is 10.1. The first-order chi connectivity index (χ1) is 12.9. The number of anilines is 1. The Morgan fingerprint density at radius 2 is 1.89 bits per heavy atom. The van der Waals surface area contributed by atoms with Crippen LogP contribution in [0, 0.1) is 17.0 Å². The molecule has 2 aromatic carbocycles. The number of carbonyl (C=O) groups is 1. The highest BCUT2D eigenvalue weighted by Gasteiger charge is 2.11. The van der Waals surface area contributed by atoms with E-state index in [-0.39, 0.29) is 17.9 Å². The maximum Gasteiger partial charge on any atom is 0.271 e. The van der Waals surface area contributed by atoms with Crippen molar-refractivity contribution in [2.75, 3.05) is 5.32 Å². The van der Waals surface area contributed by atoms with Crippen molar-refractivity contribution in [2.24, 2.45) is 0 Å². The van der Waals surface area contributed by atoms with E-state index in [0.29, 0.717) is 5.69 Å². The molecule has 0 unspecified atom stereocenters. The second-order valence-corrected chi connectivity index (χ2v) is 5.94. The van der Waals surface area contributed by atoms with Crippen molar-refractivity contribution in [3.8, 4) is 11.3 Å². The summed E-state index contributed by atoms with van der Waals surface area (Å²) in [6.07, 6.45) is 0. The van der Waals surface area contributed by atoms with Gasteiger partial charge in [-0.2, -0.15) is 5.10 Å². The molecule has 1 aromatic heterocycles. The molecular weight excluding hydrogens is 348 g/mol. The van der Waals surface area contributed by atoms with Crippen LogP contribution in [0.15, 0.2) is 65.5 Å². The van der Waals surface area contributed by atoms with Crippen molar-refractivity contribution in [1.82, 2.24) is 9.78 Å². The number of nitro groups is 1. The Labute approximate surface area is 154 Å². The number of hydrogen-bond donors (Lipinski definition) is 1. The number of nitrogens with one attached hydrogen (secondary N) is 1. The Kier molecular flexibility index (Phi) is 5.07. The van der Waals surface area contributed by atoms with E-state index in [1.54, 1.807) is 6.07 Å². The zero-order valence-corrected chi connectivity index (χ0v) is 14.5. The minimum atomic E-state index is -0.549. The molecule has 0 saturated heterocycles. The van der Waals surface area contributed by atoms with Gasteiger partial charge in [-0.1, -0.05) is 35.9 Å². The Morgan fingerprint density at radius 3 is 2.59 bits per heavy atom. The van der Waals surface area contributed by atoms with E-state index in [0.717, 1.165) is 15.8 Å². The number of nitrogens with zero attached hydrogens (tertiary/aromatic N) is 3. The Hall–Kier alpha value is -3.81. The molecule has 1 heterocycles. The van der Waals surface area contributed by atoms with Gasteiger partial charge in [0.1, 0.15) is 6.54 Å². The number of nitro benzene ring substituents is 1. The highest BCUT2D eigenvalue weighted by atomic mass is 16.6. The number of carbonyl (C=O) groups excluding carboxylic acids is 1. The molecule has 0 radical (unpaired) electrons. The number of non-ortho nitro benzene ring substituents is 1. The molecule has 27 heavy (non-hydrogen) atoms. The molecule has 0 fully saturated rings. The number of aryl methyl sites for hydroxylation is 1. The van der Waals surface area contributed by atoms with Gasteiger partial charge in [-0.25, -0.2) is 4.68 Å². The van der Waals surface area contributed by atoms with E-state index in [1.807, 2.05) is 31.2 Å². The van der Waals surface area contributed by atoms with Gasteiger partial charge in [0, 0.05) is 29.4 Å². The van der Waals surface area contributed by atoms with Crippen LogP contribution in [0.3, 0.4) is 0 Å². The van der Waals surface area contributed by atoms with Crippen molar-refractivity contribution in [2.45, 2.75) is 13.5 Å². The normalized spacial score (nSPS) is 10.4. The molecule has 3 rings (SSSR count). The van der Waals surface area contributed by atoms with Gasteiger partial charge in [-0.15, -0.1) is 0 Å². The number of rotatable bonds is 5. The third-order valence-corrected chi connectivity index (χ3v) is 3.85. The summed E-state index contributed by atoms with van der Waals surface area (Å²) in [6.45, 7) is 1.66. The third kappa shape index (κ3) is 4.43. The molecule has 0 aliphatic heterocycles. The molecule has 0 bridgehead atoms. The maximum atomic E-state index is 12.2. The largest absolute Gasteiger partial charge is 0.324 e. The summed E-state index contributed by atoms with van der Waals surface area (Å²) < 4.78 is 1.06. The molecule has 1 N–H and O–H groups in total. The molecule has 8 heteroatoms. The first kappa shape index (κ1) is 18.0. The van der Waals surface area contributed by atoms with E-state index in [9.17, 15) is 19.7 Å². The molecule has 8 nitrogen and oxygen atoms in total. The lowest BCUT2D eigenvalue weighted by Crippen LogP contribution is -2.29. The van der Waals surface area contributed by atoms with E-state index in [2.05, 4.69) is 10.4 Å². The minimum absolute atomic E-state index is 0.135. The van der Waals surface area contributed by atoms with Gasteiger partial charge >= 0.3 is 0 Å². The number of benzene rings is 2. The van der Waals surface area contributed by atoms with E-state index >= 15 is 0 Å². The first-order valence-corrected chi connectivity index (χ1v) is 8.12. The van der Waals surface area contributed by atoms with Gasteiger partial charge in [0.25, 0.3) is 11.2 Å². The van der Waals surface area contributed by atoms with Crippen LogP contribution in [0.1, 0.15) is 5.56 Å². The fraction of sp³-hybridized carbons (Fsp3) is 0.105. The van der Waals surface area contributed by atoms with Crippen LogP contribution in [-0.4, -0.2) is 20.6 Å². The fourth-order valence-corrected chi connectivity index (χ4v) is 2.47. The highest BCUT2D eigenvalue weighted by molar-refractivity contribution is 5.90. The number of hydrogen-bond acceptors (Lipinski definition) is 5. The van der Waals surface area contributed by atoms with Crippen molar-refractivity contribution >= 4 is 17.3 Å². The van der Waals surface area contributed by atoms with Crippen LogP contribution in [0.2, 0.25) is 0 Å². The lowest BCUT2D eigenvalue weighted by molar-refractivity contribution is -0.384. The summed E-state index contributed by atoms with van der Waals surface area (Å²) >= 11 is 0. The van der Waals surface area contributed by atoms with Crippen molar-refractivity contribution in [1.29, 1.82) is 0 Å².